The van der Waals surface area contributed by atoms with Gasteiger partial charge in [0.15, 0.2) is 0 Å². The summed E-state index contributed by atoms with van der Waals surface area (Å²) in [5, 5.41) is 1.10. The first-order chi connectivity index (χ1) is 17.2. The molecule has 178 valence electrons. The number of hydrogen-bond donors (Lipinski definition) is 0. The Morgan fingerprint density at radius 1 is 1.00 bits per heavy atom. The van der Waals surface area contributed by atoms with Crippen molar-refractivity contribution in [3.05, 3.63) is 101 Å². The summed E-state index contributed by atoms with van der Waals surface area (Å²) in [7, 11) is 1.66. The Balaban J connectivity index is 0.00000141. The fraction of sp³-hybridized carbons (Fsp3) is 0.226. The number of aliphatic imine (C=N–C) groups is 1. The molecule has 0 N–H and O–H groups in total. The van der Waals surface area contributed by atoms with E-state index in [1.807, 2.05) is 45.3 Å². The second-order valence-electron chi connectivity index (χ2n) is 8.26. The summed E-state index contributed by atoms with van der Waals surface area (Å²) in [6, 6.07) is 25.4. The van der Waals surface area contributed by atoms with Crippen LogP contribution in [0.1, 0.15) is 50.3 Å². The summed E-state index contributed by atoms with van der Waals surface area (Å²) in [6.07, 6.45) is 3.75. The molecule has 0 fully saturated rings. The van der Waals surface area contributed by atoms with E-state index in [1.54, 1.807) is 7.11 Å². The molecule has 4 heteroatoms. The Morgan fingerprint density at radius 2 is 1.80 bits per heavy atom. The highest BCUT2D eigenvalue weighted by molar-refractivity contribution is 5.96. The van der Waals surface area contributed by atoms with Crippen molar-refractivity contribution >= 4 is 17.1 Å². The van der Waals surface area contributed by atoms with Crippen molar-refractivity contribution < 1.29 is 9.47 Å². The molecule has 6 bridgehead atoms. The Labute approximate surface area is 208 Å². The largest absolute Gasteiger partial charge is 0.489 e. The maximum atomic E-state index is 6.20. The minimum absolute atomic E-state index is 0.0421. The van der Waals surface area contributed by atoms with Crippen molar-refractivity contribution in [3.63, 3.8) is 0 Å². The number of hydrogen-bond acceptors (Lipinski definition) is 4. The van der Waals surface area contributed by atoms with Gasteiger partial charge in [0, 0.05) is 29.8 Å². The predicted molar refractivity (Wildman–Crippen MR) is 146 cm³/mol. The predicted octanol–water partition coefficient (Wildman–Crippen LogP) is 7.96. The highest BCUT2D eigenvalue weighted by Crippen LogP contribution is 2.38. The lowest BCUT2D eigenvalue weighted by molar-refractivity contribution is 0.306. The third-order valence-electron chi connectivity index (χ3n) is 6.07. The topological polar surface area (TPSA) is 43.7 Å². The van der Waals surface area contributed by atoms with Crippen LogP contribution >= 0.6 is 0 Å². The summed E-state index contributed by atoms with van der Waals surface area (Å²) >= 11 is 0. The molecule has 1 aromatic heterocycles. The number of aromatic nitrogens is 1. The molecule has 3 aromatic carbocycles. The molecule has 1 aliphatic heterocycles. The molecule has 0 radical (unpaired) electrons. The molecule has 4 nitrogen and oxygen atoms in total. The van der Waals surface area contributed by atoms with Gasteiger partial charge in [-0.05, 0) is 77.6 Å². The monoisotopic (exact) mass is 464 g/mol. The van der Waals surface area contributed by atoms with E-state index in [9.17, 15) is 0 Å². The smallest absolute Gasteiger partial charge is 0.214 e. The van der Waals surface area contributed by atoms with Crippen molar-refractivity contribution in [3.8, 4) is 22.8 Å². The number of methoxy groups -OCH3 is 1. The van der Waals surface area contributed by atoms with Gasteiger partial charge in [-0.25, -0.2) is 4.98 Å². The molecule has 1 atom stereocenters. The zero-order valence-electron chi connectivity index (χ0n) is 21.1. The molecule has 35 heavy (non-hydrogen) atoms. The van der Waals surface area contributed by atoms with Crippen LogP contribution in [0.4, 0.5) is 0 Å². The molecule has 1 unspecified atom stereocenters. The van der Waals surface area contributed by atoms with Crippen molar-refractivity contribution in [2.45, 2.75) is 40.2 Å². The van der Waals surface area contributed by atoms with E-state index in [4.69, 9.17) is 14.5 Å². The van der Waals surface area contributed by atoms with Crippen molar-refractivity contribution in [1.82, 2.24) is 4.98 Å². The number of rotatable bonds is 3. The minimum Gasteiger partial charge on any atom is -0.489 e. The van der Waals surface area contributed by atoms with E-state index < -0.39 is 0 Å². The fourth-order valence-electron chi connectivity index (χ4n) is 4.51. The molecule has 4 aromatic rings. The Bertz CT molecular complexity index is 1390. The maximum absolute atomic E-state index is 6.20. The zero-order valence-corrected chi connectivity index (χ0v) is 21.1. The van der Waals surface area contributed by atoms with E-state index in [0.717, 1.165) is 38.9 Å². The molecule has 1 aliphatic rings. The molecule has 0 aliphatic carbocycles. The Kier molecular flexibility index (Phi) is 7.61. The Morgan fingerprint density at radius 3 is 2.60 bits per heavy atom. The number of fused-ring (bicyclic) bond motifs is 6. The first-order valence-corrected chi connectivity index (χ1v) is 12.1. The highest BCUT2D eigenvalue weighted by Gasteiger charge is 2.20. The van der Waals surface area contributed by atoms with Crippen molar-refractivity contribution in [2.24, 2.45) is 4.99 Å². The average Bonchev–Trinajstić information content (AvgIpc) is 2.91. The van der Waals surface area contributed by atoms with Gasteiger partial charge in [-0.2, -0.15) is 0 Å². The molecular weight excluding hydrogens is 432 g/mol. The standard InChI is InChI=1S/C29H26N2O2.C2H6/c1-4-30-17-19(2)29-22-9-6-10-24(14-22)33-18-20-7-5-8-21(13-20)25-16-28(32-3)31-27-12-11-23(29)15-26(25)27;1-2/h4-17,29H,18H2,1-3H3;1-2H3/b19-17+,30-4?;. The van der Waals surface area contributed by atoms with E-state index in [2.05, 4.69) is 72.6 Å². The van der Waals surface area contributed by atoms with E-state index in [0.29, 0.717) is 12.5 Å². The fourth-order valence-corrected chi connectivity index (χ4v) is 4.51. The lowest BCUT2D eigenvalue weighted by Gasteiger charge is -2.20. The second kappa shape index (κ2) is 11.0. The quantitative estimate of drug-likeness (QED) is 0.289. The van der Waals surface area contributed by atoms with Gasteiger partial charge < -0.3 is 9.47 Å². The number of pyridine rings is 1. The van der Waals surface area contributed by atoms with Crippen molar-refractivity contribution in [2.75, 3.05) is 7.11 Å². The summed E-state index contributed by atoms with van der Waals surface area (Å²) < 4.78 is 11.7. The maximum Gasteiger partial charge on any atom is 0.214 e. The van der Waals surface area contributed by atoms with Crippen LogP contribution in [0.5, 0.6) is 11.6 Å². The van der Waals surface area contributed by atoms with Gasteiger partial charge in [0.25, 0.3) is 0 Å². The van der Waals surface area contributed by atoms with Gasteiger partial charge in [-0.3, -0.25) is 4.99 Å². The molecule has 0 saturated heterocycles. The van der Waals surface area contributed by atoms with Crippen LogP contribution in [-0.4, -0.2) is 18.3 Å². The number of allylic oxidation sites excluding steroid dienone is 1. The van der Waals surface area contributed by atoms with Gasteiger partial charge in [-0.1, -0.05) is 50.2 Å². The third-order valence-corrected chi connectivity index (χ3v) is 6.07. The van der Waals surface area contributed by atoms with Crippen LogP contribution in [0, 0.1) is 0 Å². The van der Waals surface area contributed by atoms with Gasteiger partial charge >= 0.3 is 0 Å². The van der Waals surface area contributed by atoms with Gasteiger partial charge in [0.05, 0.1) is 12.6 Å². The second-order valence-corrected chi connectivity index (χ2v) is 8.26. The van der Waals surface area contributed by atoms with Crippen LogP contribution in [0.15, 0.2) is 89.6 Å². The average molecular weight is 465 g/mol. The van der Waals surface area contributed by atoms with E-state index in [-0.39, 0.29) is 5.92 Å². The SMILES string of the molecule is CC.CC=N/C=C(\C)C1c2cccc(c2)OCc2cccc(c2)-c2cc(OC)nc3ccc1cc23. The first-order valence-electron chi connectivity index (χ1n) is 12.1. The number of nitrogens with zero attached hydrogens (tertiary/aromatic N) is 2. The molecule has 5 rings (SSSR count). The van der Waals surface area contributed by atoms with Gasteiger partial charge in [-0.15, -0.1) is 0 Å². The number of benzene rings is 3. The summed E-state index contributed by atoms with van der Waals surface area (Å²) in [5.41, 5.74) is 7.74. The lowest BCUT2D eigenvalue weighted by atomic mass is 9.84. The van der Waals surface area contributed by atoms with Gasteiger partial charge in [0.1, 0.15) is 12.4 Å². The van der Waals surface area contributed by atoms with Crippen LogP contribution in [0.25, 0.3) is 22.0 Å². The number of ether oxygens (including phenoxy) is 2. The van der Waals surface area contributed by atoms with Crippen LogP contribution in [-0.2, 0) is 6.61 Å². The summed E-state index contributed by atoms with van der Waals surface area (Å²) in [4.78, 5) is 9.12. The van der Waals surface area contributed by atoms with E-state index >= 15 is 0 Å². The first kappa shape index (κ1) is 24.2. The lowest BCUT2D eigenvalue weighted by Crippen LogP contribution is -2.04. The third kappa shape index (κ3) is 5.12. The summed E-state index contributed by atoms with van der Waals surface area (Å²) in [6.45, 7) is 8.56. The Hall–Kier alpha value is -3.92. The zero-order chi connectivity index (χ0) is 24.8. The van der Waals surface area contributed by atoms with E-state index in [1.165, 1.54) is 11.1 Å². The van der Waals surface area contributed by atoms with Crippen molar-refractivity contribution in [1.29, 1.82) is 0 Å². The molecule has 0 amide bonds. The molecule has 0 saturated carbocycles. The summed E-state index contributed by atoms with van der Waals surface area (Å²) in [5.74, 6) is 1.50. The van der Waals surface area contributed by atoms with Gasteiger partial charge in [0.2, 0.25) is 5.88 Å². The molecule has 2 heterocycles. The highest BCUT2D eigenvalue weighted by atomic mass is 16.5. The molecule has 0 spiro atoms. The molecular formula is C31H32N2O2. The van der Waals surface area contributed by atoms with Crippen LogP contribution in [0.3, 0.4) is 0 Å². The van der Waals surface area contributed by atoms with Crippen LogP contribution in [0.2, 0.25) is 0 Å². The van der Waals surface area contributed by atoms with Crippen LogP contribution < -0.4 is 9.47 Å². The minimum atomic E-state index is 0.0421. The normalized spacial score (nSPS) is 14.9.